The van der Waals surface area contributed by atoms with E-state index in [1.807, 2.05) is 36.5 Å². The van der Waals surface area contributed by atoms with E-state index in [2.05, 4.69) is 34.1 Å². The number of nitrogens with zero attached hydrogens (tertiary/aromatic N) is 3. The minimum Gasteiger partial charge on any atom is -0.378 e. The predicted molar refractivity (Wildman–Crippen MR) is 101 cm³/mol. The second kappa shape index (κ2) is 7.21. The monoisotopic (exact) mass is 351 g/mol. The zero-order valence-electron chi connectivity index (χ0n) is 13.7. The average molecular weight is 352 g/mol. The number of benzene rings is 2. The molecule has 1 aliphatic heterocycles. The normalized spacial score (nSPS) is 14.5. The molecule has 0 bridgehead atoms. The summed E-state index contributed by atoms with van der Waals surface area (Å²) in [6, 6.07) is 18.2. The van der Waals surface area contributed by atoms with E-state index in [1.165, 1.54) is 0 Å². The molecule has 0 radical (unpaired) electrons. The summed E-state index contributed by atoms with van der Waals surface area (Å²) >= 11 is 5.99. The Morgan fingerprint density at radius 2 is 1.64 bits per heavy atom. The number of anilines is 1. The van der Waals surface area contributed by atoms with E-state index in [9.17, 15) is 0 Å². The fourth-order valence-corrected chi connectivity index (χ4v) is 3.05. The molecule has 1 saturated heterocycles. The maximum Gasteiger partial charge on any atom is 0.226 e. The first-order chi connectivity index (χ1) is 12.3. The molecule has 2 heterocycles. The summed E-state index contributed by atoms with van der Waals surface area (Å²) in [6.45, 7) is 3.10. The van der Waals surface area contributed by atoms with E-state index < -0.39 is 0 Å². The van der Waals surface area contributed by atoms with Crippen LogP contribution in [-0.4, -0.2) is 36.3 Å². The quantitative estimate of drug-likeness (QED) is 0.705. The molecule has 2 aromatic carbocycles. The fourth-order valence-electron chi connectivity index (χ4n) is 2.93. The fraction of sp³-hybridized carbons (Fsp3) is 0.200. The van der Waals surface area contributed by atoms with Crippen molar-refractivity contribution < 1.29 is 4.74 Å². The van der Waals surface area contributed by atoms with Crippen LogP contribution in [0.2, 0.25) is 5.02 Å². The summed E-state index contributed by atoms with van der Waals surface area (Å²) in [5, 5.41) is 0.742. The van der Waals surface area contributed by atoms with Crippen molar-refractivity contribution in [2.45, 2.75) is 0 Å². The molecule has 0 N–H and O–H groups in total. The number of rotatable bonds is 3. The van der Waals surface area contributed by atoms with Crippen molar-refractivity contribution in [2.75, 3.05) is 31.2 Å². The Balaban J connectivity index is 1.65. The molecule has 0 unspecified atom stereocenters. The lowest BCUT2D eigenvalue weighted by atomic mass is 10.0. The summed E-state index contributed by atoms with van der Waals surface area (Å²) in [5.41, 5.74) is 4.27. The van der Waals surface area contributed by atoms with Crippen molar-refractivity contribution in [2.24, 2.45) is 0 Å². The van der Waals surface area contributed by atoms with Crippen LogP contribution in [0.15, 0.2) is 60.8 Å². The first kappa shape index (κ1) is 16.1. The Morgan fingerprint density at radius 1 is 0.880 bits per heavy atom. The summed E-state index contributed by atoms with van der Waals surface area (Å²) in [4.78, 5) is 11.3. The highest BCUT2D eigenvalue weighted by atomic mass is 35.5. The molecular weight excluding hydrogens is 334 g/mol. The third kappa shape index (κ3) is 3.65. The lowest BCUT2D eigenvalue weighted by Gasteiger charge is -2.26. The second-order valence-corrected chi connectivity index (χ2v) is 6.37. The van der Waals surface area contributed by atoms with Crippen molar-refractivity contribution in [3.05, 3.63) is 65.8 Å². The van der Waals surface area contributed by atoms with Gasteiger partial charge in [0.15, 0.2) is 0 Å². The van der Waals surface area contributed by atoms with Crippen molar-refractivity contribution in [1.29, 1.82) is 0 Å². The Morgan fingerprint density at radius 3 is 2.44 bits per heavy atom. The zero-order chi connectivity index (χ0) is 17.1. The van der Waals surface area contributed by atoms with Crippen LogP contribution in [0.5, 0.6) is 0 Å². The van der Waals surface area contributed by atoms with Gasteiger partial charge in [0.2, 0.25) is 5.95 Å². The van der Waals surface area contributed by atoms with Gasteiger partial charge in [-0.05, 0) is 35.4 Å². The topological polar surface area (TPSA) is 38.2 Å². The molecule has 0 spiro atoms. The average Bonchev–Trinajstić information content (AvgIpc) is 2.69. The number of aromatic nitrogens is 2. The van der Waals surface area contributed by atoms with Crippen LogP contribution in [-0.2, 0) is 4.74 Å². The van der Waals surface area contributed by atoms with E-state index >= 15 is 0 Å². The highest BCUT2D eigenvalue weighted by Gasteiger charge is 2.14. The van der Waals surface area contributed by atoms with Gasteiger partial charge in [-0.3, -0.25) is 0 Å². The molecule has 126 valence electrons. The van der Waals surface area contributed by atoms with Gasteiger partial charge in [-0.15, -0.1) is 0 Å². The number of ether oxygens (including phenoxy) is 1. The van der Waals surface area contributed by atoms with Crippen LogP contribution in [0.25, 0.3) is 22.4 Å². The third-order valence-corrected chi connectivity index (χ3v) is 4.52. The minimum absolute atomic E-state index is 0.722. The van der Waals surface area contributed by atoms with Gasteiger partial charge in [0.25, 0.3) is 0 Å². The summed E-state index contributed by atoms with van der Waals surface area (Å²) in [7, 11) is 0. The number of morpholine rings is 1. The Hall–Kier alpha value is -2.43. The predicted octanol–water partition coefficient (Wildman–Crippen LogP) is 4.30. The number of halogens is 1. The minimum atomic E-state index is 0.722. The van der Waals surface area contributed by atoms with E-state index in [4.69, 9.17) is 21.3 Å². The molecule has 1 aliphatic rings. The summed E-state index contributed by atoms with van der Waals surface area (Å²) in [6.07, 6.45) is 1.82. The van der Waals surface area contributed by atoms with Gasteiger partial charge < -0.3 is 9.64 Å². The van der Waals surface area contributed by atoms with E-state index in [0.29, 0.717) is 0 Å². The van der Waals surface area contributed by atoms with E-state index in [-0.39, 0.29) is 0 Å². The van der Waals surface area contributed by atoms with Crippen LogP contribution in [0, 0.1) is 0 Å². The summed E-state index contributed by atoms with van der Waals surface area (Å²) < 4.78 is 5.40. The molecule has 4 nitrogen and oxygen atoms in total. The molecular formula is C20H18ClN3O. The Labute approximate surface area is 152 Å². The van der Waals surface area contributed by atoms with Crippen LogP contribution in [0.3, 0.4) is 0 Å². The van der Waals surface area contributed by atoms with Crippen LogP contribution >= 0.6 is 11.6 Å². The largest absolute Gasteiger partial charge is 0.378 e. The zero-order valence-corrected chi connectivity index (χ0v) is 14.5. The molecule has 5 heteroatoms. The lowest BCUT2D eigenvalue weighted by Crippen LogP contribution is -2.37. The van der Waals surface area contributed by atoms with Gasteiger partial charge in [0.05, 0.1) is 18.9 Å². The molecule has 0 amide bonds. The highest BCUT2D eigenvalue weighted by Crippen LogP contribution is 2.27. The standard InChI is InChI=1S/C20H18ClN3O/c21-18-6-4-15(5-7-18)16-2-1-3-17(14-16)19-8-9-22-20(23-19)24-10-12-25-13-11-24/h1-9,14H,10-13H2. The van der Waals surface area contributed by atoms with Crippen LogP contribution < -0.4 is 4.90 Å². The van der Waals surface area contributed by atoms with E-state index in [0.717, 1.165) is 59.7 Å². The van der Waals surface area contributed by atoms with E-state index in [1.54, 1.807) is 0 Å². The van der Waals surface area contributed by atoms with Gasteiger partial charge >= 0.3 is 0 Å². The van der Waals surface area contributed by atoms with Crippen LogP contribution in [0.1, 0.15) is 0 Å². The lowest BCUT2D eigenvalue weighted by molar-refractivity contribution is 0.122. The smallest absolute Gasteiger partial charge is 0.226 e. The number of hydrogen-bond acceptors (Lipinski definition) is 4. The Bertz CT molecular complexity index is 861. The molecule has 1 aromatic heterocycles. The van der Waals surface area contributed by atoms with Crippen molar-refractivity contribution in [3.63, 3.8) is 0 Å². The second-order valence-electron chi connectivity index (χ2n) is 5.93. The maximum absolute atomic E-state index is 5.99. The first-order valence-electron chi connectivity index (χ1n) is 8.32. The van der Waals surface area contributed by atoms with Gasteiger partial charge in [-0.2, -0.15) is 0 Å². The Kier molecular flexibility index (Phi) is 4.63. The highest BCUT2D eigenvalue weighted by molar-refractivity contribution is 6.30. The third-order valence-electron chi connectivity index (χ3n) is 4.27. The molecule has 0 atom stereocenters. The molecule has 0 saturated carbocycles. The molecule has 1 fully saturated rings. The molecule has 4 rings (SSSR count). The first-order valence-corrected chi connectivity index (χ1v) is 8.69. The number of hydrogen-bond donors (Lipinski definition) is 0. The molecule has 3 aromatic rings. The molecule has 25 heavy (non-hydrogen) atoms. The van der Waals surface area contributed by atoms with Crippen LogP contribution in [0.4, 0.5) is 5.95 Å². The van der Waals surface area contributed by atoms with Gasteiger partial charge in [0.1, 0.15) is 0 Å². The van der Waals surface area contributed by atoms with Crippen molar-refractivity contribution >= 4 is 17.5 Å². The maximum atomic E-state index is 5.99. The van der Waals surface area contributed by atoms with Gasteiger partial charge in [-0.25, -0.2) is 9.97 Å². The van der Waals surface area contributed by atoms with Gasteiger partial charge in [-0.1, -0.05) is 41.9 Å². The van der Waals surface area contributed by atoms with Crippen molar-refractivity contribution in [3.8, 4) is 22.4 Å². The van der Waals surface area contributed by atoms with Crippen molar-refractivity contribution in [1.82, 2.24) is 9.97 Å². The summed E-state index contributed by atoms with van der Waals surface area (Å²) in [5.74, 6) is 0.762. The SMILES string of the molecule is Clc1ccc(-c2cccc(-c3ccnc(N4CCOCC4)n3)c2)cc1. The van der Waals surface area contributed by atoms with Gasteiger partial charge in [0, 0.05) is 29.9 Å². The molecule has 0 aliphatic carbocycles.